The molecule has 0 saturated carbocycles. The molecular formula is C25H32FN3. The molecule has 0 aromatic heterocycles. The van der Waals surface area contributed by atoms with Crippen molar-refractivity contribution in [2.45, 2.75) is 45.1 Å². The summed E-state index contributed by atoms with van der Waals surface area (Å²) >= 11 is 0. The Kier molecular flexibility index (Phi) is 5.91. The van der Waals surface area contributed by atoms with Gasteiger partial charge in [-0.2, -0.15) is 0 Å². The van der Waals surface area contributed by atoms with Gasteiger partial charge in [0.2, 0.25) is 0 Å². The molecule has 2 aliphatic heterocycles. The van der Waals surface area contributed by atoms with Crippen LogP contribution in [0.2, 0.25) is 0 Å². The number of halogens is 1. The molecule has 2 aromatic carbocycles. The number of anilines is 2. The lowest BCUT2D eigenvalue weighted by Gasteiger charge is -2.41. The van der Waals surface area contributed by atoms with Crippen LogP contribution >= 0.6 is 0 Å². The topological polar surface area (TPSA) is 32.5 Å². The number of likely N-dealkylation sites (tertiary alicyclic amines) is 1. The molecule has 0 aliphatic carbocycles. The lowest BCUT2D eigenvalue weighted by Crippen LogP contribution is -2.43. The predicted molar refractivity (Wildman–Crippen MR) is 120 cm³/mol. The van der Waals surface area contributed by atoms with E-state index >= 15 is 0 Å². The largest absolute Gasteiger partial charge is 0.397 e. The molecule has 0 bridgehead atoms. The van der Waals surface area contributed by atoms with E-state index in [4.69, 9.17) is 5.73 Å². The summed E-state index contributed by atoms with van der Waals surface area (Å²) in [6.45, 7) is 9.67. The van der Waals surface area contributed by atoms with E-state index in [1.807, 2.05) is 0 Å². The highest BCUT2D eigenvalue weighted by atomic mass is 19.1. The van der Waals surface area contributed by atoms with Gasteiger partial charge in [-0.25, -0.2) is 4.39 Å². The normalized spacial score (nSPS) is 20.5. The number of rotatable bonds is 5. The van der Waals surface area contributed by atoms with Crippen molar-refractivity contribution in [3.8, 4) is 0 Å². The second-order valence-corrected chi connectivity index (χ2v) is 8.74. The summed E-state index contributed by atoms with van der Waals surface area (Å²) < 4.78 is 13.8. The van der Waals surface area contributed by atoms with Gasteiger partial charge >= 0.3 is 0 Å². The highest BCUT2D eigenvalue weighted by Crippen LogP contribution is 2.38. The molecule has 0 spiro atoms. The summed E-state index contributed by atoms with van der Waals surface area (Å²) in [5, 5.41) is 0. The van der Waals surface area contributed by atoms with Crippen molar-refractivity contribution in [3.05, 3.63) is 71.7 Å². The van der Waals surface area contributed by atoms with E-state index in [2.05, 4.69) is 53.6 Å². The van der Waals surface area contributed by atoms with E-state index in [1.165, 1.54) is 30.9 Å². The molecule has 2 heterocycles. The summed E-state index contributed by atoms with van der Waals surface area (Å²) in [6, 6.07) is 14.2. The number of benzene rings is 2. The zero-order chi connectivity index (χ0) is 20.4. The Hall–Kier alpha value is -2.33. The van der Waals surface area contributed by atoms with E-state index in [0.717, 1.165) is 55.3 Å². The minimum Gasteiger partial charge on any atom is -0.397 e. The predicted octanol–water partition coefficient (Wildman–Crippen LogP) is 5.02. The lowest BCUT2D eigenvalue weighted by atomic mass is 9.90. The SMILES string of the molecule is C=C(CN1CCC(Cc2ccccc2)CC1)N1c2c(N)cc(F)cc2CCC1C. The molecule has 3 nitrogen and oxygen atoms in total. The molecule has 1 unspecified atom stereocenters. The first-order chi connectivity index (χ1) is 14.0. The van der Waals surface area contributed by atoms with Gasteiger partial charge in [-0.05, 0) is 81.3 Å². The maximum absolute atomic E-state index is 13.8. The van der Waals surface area contributed by atoms with E-state index in [1.54, 1.807) is 6.07 Å². The van der Waals surface area contributed by atoms with Crippen LogP contribution in [0.3, 0.4) is 0 Å². The van der Waals surface area contributed by atoms with Crippen LogP contribution in [0.4, 0.5) is 15.8 Å². The Morgan fingerprint density at radius 1 is 1.14 bits per heavy atom. The van der Waals surface area contributed by atoms with Crippen LogP contribution in [0, 0.1) is 11.7 Å². The fourth-order valence-corrected chi connectivity index (χ4v) is 4.98. The molecule has 4 heteroatoms. The second kappa shape index (κ2) is 8.58. The van der Waals surface area contributed by atoms with Crippen molar-refractivity contribution in [2.24, 2.45) is 5.92 Å². The molecule has 29 heavy (non-hydrogen) atoms. The first-order valence-electron chi connectivity index (χ1n) is 10.8. The van der Waals surface area contributed by atoms with Gasteiger partial charge in [-0.3, -0.25) is 4.90 Å². The molecule has 1 atom stereocenters. The van der Waals surface area contributed by atoms with Crippen LogP contribution in [-0.4, -0.2) is 30.6 Å². The number of hydrogen-bond acceptors (Lipinski definition) is 3. The molecule has 2 aliphatic rings. The average Bonchev–Trinajstić information content (AvgIpc) is 2.70. The molecule has 2 N–H and O–H groups in total. The number of nitrogen functional groups attached to an aromatic ring is 1. The van der Waals surface area contributed by atoms with E-state index < -0.39 is 0 Å². The van der Waals surface area contributed by atoms with E-state index in [0.29, 0.717) is 11.7 Å². The summed E-state index contributed by atoms with van der Waals surface area (Å²) in [4.78, 5) is 4.76. The number of aryl methyl sites for hydroxylation is 1. The number of piperidine rings is 1. The third kappa shape index (κ3) is 4.48. The summed E-state index contributed by atoms with van der Waals surface area (Å²) in [5.41, 5.74) is 11.2. The third-order valence-electron chi connectivity index (χ3n) is 6.52. The molecule has 1 saturated heterocycles. The first-order valence-corrected chi connectivity index (χ1v) is 10.8. The average molecular weight is 394 g/mol. The van der Waals surface area contributed by atoms with Gasteiger partial charge in [0.1, 0.15) is 5.82 Å². The highest BCUT2D eigenvalue weighted by molar-refractivity contribution is 5.75. The Balaban J connectivity index is 1.38. The molecule has 4 rings (SSSR count). The van der Waals surface area contributed by atoms with Crippen molar-refractivity contribution in [3.63, 3.8) is 0 Å². The maximum atomic E-state index is 13.8. The smallest absolute Gasteiger partial charge is 0.125 e. The van der Waals surface area contributed by atoms with Crippen molar-refractivity contribution in [2.75, 3.05) is 30.3 Å². The summed E-state index contributed by atoms with van der Waals surface area (Å²) in [5.74, 6) is 0.511. The maximum Gasteiger partial charge on any atom is 0.125 e. The van der Waals surface area contributed by atoms with Crippen LogP contribution in [0.15, 0.2) is 54.7 Å². The third-order valence-corrected chi connectivity index (χ3v) is 6.52. The Labute approximate surface area is 174 Å². The number of nitrogens with zero attached hydrogens (tertiary/aromatic N) is 2. The minimum absolute atomic E-state index is 0.248. The summed E-state index contributed by atoms with van der Waals surface area (Å²) in [6.07, 6.45) is 5.48. The Morgan fingerprint density at radius 3 is 2.59 bits per heavy atom. The zero-order valence-electron chi connectivity index (χ0n) is 17.4. The number of hydrogen-bond donors (Lipinski definition) is 1. The Bertz CT molecular complexity index is 856. The molecule has 0 radical (unpaired) electrons. The number of nitrogens with two attached hydrogens (primary N) is 1. The van der Waals surface area contributed by atoms with Gasteiger partial charge in [0.15, 0.2) is 0 Å². The van der Waals surface area contributed by atoms with Crippen LogP contribution < -0.4 is 10.6 Å². The van der Waals surface area contributed by atoms with Crippen LogP contribution in [0.1, 0.15) is 37.3 Å². The molecule has 1 fully saturated rings. The first kappa shape index (κ1) is 20.0. The highest BCUT2D eigenvalue weighted by Gasteiger charge is 2.29. The van der Waals surface area contributed by atoms with Gasteiger partial charge in [-0.1, -0.05) is 36.9 Å². The fourth-order valence-electron chi connectivity index (χ4n) is 4.98. The standard InChI is InChI=1S/C25H32FN3/c1-18-8-9-22-15-23(26)16-24(27)25(22)29(18)19(2)17-28-12-10-21(11-13-28)14-20-6-4-3-5-7-20/h3-7,15-16,18,21H,2,8-14,17,27H2,1H3. The van der Waals surface area contributed by atoms with Gasteiger partial charge in [-0.15, -0.1) is 0 Å². The van der Waals surface area contributed by atoms with Gasteiger partial charge in [0, 0.05) is 18.3 Å². The van der Waals surface area contributed by atoms with Crippen LogP contribution in [0.5, 0.6) is 0 Å². The fraction of sp³-hybridized carbons (Fsp3) is 0.440. The van der Waals surface area contributed by atoms with Gasteiger partial charge in [0.25, 0.3) is 0 Å². The van der Waals surface area contributed by atoms with E-state index in [9.17, 15) is 4.39 Å². The molecular weight excluding hydrogens is 361 g/mol. The monoisotopic (exact) mass is 393 g/mol. The lowest BCUT2D eigenvalue weighted by molar-refractivity contribution is 0.195. The molecule has 2 aromatic rings. The van der Waals surface area contributed by atoms with Crippen molar-refractivity contribution >= 4 is 11.4 Å². The van der Waals surface area contributed by atoms with Gasteiger partial charge in [0.05, 0.1) is 11.4 Å². The summed E-state index contributed by atoms with van der Waals surface area (Å²) in [7, 11) is 0. The minimum atomic E-state index is -0.248. The van der Waals surface area contributed by atoms with Gasteiger partial charge < -0.3 is 10.6 Å². The number of fused-ring (bicyclic) bond motifs is 1. The Morgan fingerprint density at radius 2 is 1.86 bits per heavy atom. The van der Waals surface area contributed by atoms with Crippen molar-refractivity contribution in [1.82, 2.24) is 4.90 Å². The molecule has 154 valence electrons. The van der Waals surface area contributed by atoms with Crippen molar-refractivity contribution in [1.29, 1.82) is 0 Å². The second-order valence-electron chi connectivity index (χ2n) is 8.74. The van der Waals surface area contributed by atoms with Crippen LogP contribution in [0.25, 0.3) is 0 Å². The van der Waals surface area contributed by atoms with E-state index in [-0.39, 0.29) is 5.82 Å². The van der Waals surface area contributed by atoms with Crippen LogP contribution in [-0.2, 0) is 12.8 Å². The quantitative estimate of drug-likeness (QED) is 0.724. The van der Waals surface area contributed by atoms with Crippen molar-refractivity contribution < 1.29 is 4.39 Å². The zero-order valence-corrected chi connectivity index (χ0v) is 17.4. The molecule has 0 amide bonds.